The van der Waals surface area contributed by atoms with Gasteiger partial charge in [-0.3, -0.25) is 4.79 Å². The van der Waals surface area contributed by atoms with Crippen molar-refractivity contribution in [2.45, 2.75) is 44.9 Å². The smallest absolute Gasteiger partial charge is 0.378 e. The standard InChI is InChI=1S/C21H21F3N4O2S2/c1-12-18(32-20(25-12)28-17(29)10-15-7-2-3-8-30-15)16-11-31-19(27-16)26-14-6-4-5-13(9-14)21(22,23)24/h4-6,9,11,15H,2-3,7-8,10H2,1H3,(H,26,27)(H,25,28,29). The summed E-state index contributed by atoms with van der Waals surface area (Å²) in [5.41, 5.74) is 0.946. The summed E-state index contributed by atoms with van der Waals surface area (Å²) < 4.78 is 44.4. The minimum Gasteiger partial charge on any atom is -0.378 e. The molecular weight excluding hydrogens is 461 g/mol. The van der Waals surface area contributed by atoms with Gasteiger partial charge in [-0.15, -0.1) is 11.3 Å². The van der Waals surface area contributed by atoms with E-state index in [1.807, 2.05) is 6.92 Å². The fraction of sp³-hybridized carbons (Fsp3) is 0.381. The van der Waals surface area contributed by atoms with Crippen LogP contribution in [0.25, 0.3) is 10.6 Å². The van der Waals surface area contributed by atoms with E-state index in [2.05, 4.69) is 20.6 Å². The topological polar surface area (TPSA) is 76.1 Å². The van der Waals surface area contributed by atoms with Gasteiger partial charge in [-0.05, 0) is 44.4 Å². The number of benzene rings is 1. The van der Waals surface area contributed by atoms with Crippen molar-refractivity contribution in [2.24, 2.45) is 0 Å². The fourth-order valence-corrected chi connectivity index (χ4v) is 5.10. The number of carbonyl (C=O) groups excluding carboxylic acids is 1. The number of aryl methyl sites for hydroxylation is 1. The van der Waals surface area contributed by atoms with Crippen molar-refractivity contribution in [3.63, 3.8) is 0 Å². The first-order valence-electron chi connectivity index (χ1n) is 10.1. The number of nitrogens with one attached hydrogen (secondary N) is 2. The molecule has 0 aliphatic carbocycles. The minimum absolute atomic E-state index is 0.0488. The quantitative estimate of drug-likeness (QED) is 0.435. The first kappa shape index (κ1) is 22.7. The van der Waals surface area contributed by atoms with Gasteiger partial charge in [-0.25, -0.2) is 9.97 Å². The van der Waals surface area contributed by atoms with Gasteiger partial charge in [-0.1, -0.05) is 17.4 Å². The maximum Gasteiger partial charge on any atom is 0.416 e. The molecule has 4 rings (SSSR count). The number of carbonyl (C=O) groups is 1. The lowest BCUT2D eigenvalue weighted by molar-refractivity contribution is -0.137. The van der Waals surface area contributed by atoms with Crippen LogP contribution in [0.4, 0.5) is 29.1 Å². The van der Waals surface area contributed by atoms with Gasteiger partial charge < -0.3 is 15.4 Å². The average Bonchev–Trinajstić information content (AvgIpc) is 3.34. The van der Waals surface area contributed by atoms with Crippen LogP contribution in [0.3, 0.4) is 0 Å². The maximum atomic E-state index is 12.9. The summed E-state index contributed by atoms with van der Waals surface area (Å²) in [6, 6.07) is 4.97. The third-order valence-corrected chi connectivity index (χ3v) is 6.76. The van der Waals surface area contributed by atoms with Gasteiger partial charge >= 0.3 is 6.18 Å². The molecule has 11 heteroatoms. The molecule has 0 bridgehead atoms. The minimum atomic E-state index is -4.41. The van der Waals surface area contributed by atoms with E-state index < -0.39 is 11.7 Å². The lowest BCUT2D eigenvalue weighted by Crippen LogP contribution is -2.25. The highest BCUT2D eigenvalue weighted by molar-refractivity contribution is 7.20. The molecule has 1 unspecified atom stereocenters. The van der Waals surface area contributed by atoms with E-state index in [1.54, 1.807) is 11.4 Å². The molecule has 3 heterocycles. The zero-order chi connectivity index (χ0) is 22.7. The van der Waals surface area contributed by atoms with Crippen molar-refractivity contribution >= 4 is 44.5 Å². The van der Waals surface area contributed by atoms with E-state index in [-0.39, 0.29) is 12.0 Å². The van der Waals surface area contributed by atoms with Crippen LogP contribution in [-0.2, 0) is 15.7 Å². The molecule has 2 N–H and O–H groups in total. The molecule has 1 atom stereocenters. The third-order valence-electron chi connectivity index (χ3n) is 4.91. The zero-order valence-electron chi connectivity index (χ0n) is 17.2. The van der Waals surface area contributed by atoms with Crippen LogP contribution in [0.5, 0.6) is 0 Å². The first-order chi connectivity index (χ1) is 15.3. The van der Waals surface area contributed by atoms with Gasteiger partial charge in [0, 0.05) is 17.7 Å². The van der Waals surface area contributed by atoms with Crippen LogP contribution in [-0.4, -0.2) is 28.6 Å². The first-order valence-corrected chi connectivity index (χ1v) is 11.8. The number of rotatable bonds is 6. The molecule has 1 aliphatic rings. The van der Waals surface area contributed by atoms with Gasteiger partial charge in [0.25, 0.3) is 0 Å². The summed E-state index contributed by atoms with van der Waals surface area (Å²) in [7, 11) is 0. The number of alkyl halides is 3. The van der Waals surface area contributed by atoms with Crippen molar-refractivity contribution in [3.05, 3.63) is 40.9 Å². The SMILES string of the molecule is Cc1nc(NC(=O)CC2CCCCO2)sc1-c1csc(Nc2cccc(C(F)(F)F)c2)n1. The van der Waals surface area contributed by atoms with Crippen LogP contribution >= 0.6 is 22.7 Å². The summed E-state index contributed by atoms with van der Waals surface area (Å²) in [6.45, 7) is 2.52. The summed E-state index contributed by atoms with van der Waals surface area (Å²) in [6.07, 6.45) is -1.17. The molecule has 170 valence electrons. The van der Waals surface area contributed by atoms with E-state index in [9.17, 15) is 18.0 Å². The number of anilines is 3. The number of aromatic nitrogens is 2. The third kappa shape index (κ3) is 5.64. The number of ether oxygens (including phenoxy) is 1. The van der Waals surface area contributed by atoms with E-state index in [0.717, 1.165) is 42.0 Å². The van der Waals surface area contributed by atoms with Crippen molar-refractivity contribution < 1.29 is 22.7 Å². The highest BCUT2D eigenvalue weighted by Gasteiger charge is 2.30. The normalized spacial score (nSPS) is 16.7. The lowest BCUT2D eigenvalue weighted by Gasteiger charge is -2.21. The molecule has 6 nitrogen and oxygen atoms in total. The number of amides is 1. The Morgan fingerprint density at radius 3 is 2.84 bits per heavy atom. The van der Waals surface area contributed by atoms with Crippen molar-refractivity contribution in [3.8, 4) is 10.6 Å². The molecule has 32 heavy (non-hydrogen) atoms. The van der Waals surface area contributed by atoms with Gasteiger partial charge in [0.15, 0.2) is 10.3 Å². The number of halogens is 3. The van der Waals surface area contributed by atoms with E-state index in [0.29, 0.717) is 34.7 Å². The van der Waals surface area contributed by atoms with E-state index >= 15 is 0 Å². The molecule has 0 saturated carbocycles. The van der Waals surface area contributed by atoms with Crippen LogP contribution in [0, 0.1) is 6.92 Å². The summed E-state index contributed by atoms with van der Waals surface area (Å²) in [5.74, 6) is -0.137. The molecule has 1 aromatic carbocycles. The monoisotopic (exact) mass is 482 g/mol. The molecule has 3 aromatic rings. The lowest BCUT2D eigenvalue weighted by atomic mass is 10.1. The Balaban J connectivity index is 1.42. The molecule has 1 amide bonds. The van der Waals surface area contributed by atoms with Crippen molar-refractivity contribution in [1.29, 1.82) is 0 Å². The summed E-state index contributed by atoms with van der Waals surface area (Å²) in [4.78, 5) is 22.0. The molecule has 0 spiro atoms. The zero-order valence-corrected chi connectivity index (χ0v) is 18.8. The molecular formula is C21H21F3N4O2S2. The second-order valence-corrected chi connectivity index (χ2v) is 9.27. The summed E-state index contributed by atoms with van der Waals surface area (Å²) >= 11 is 2.59. The highest BCUT2D eigenvalue weighted by Crippen LogP contribution is 2.36. The van der Waals surface area contributed by atoms with Gasteiger partial charge in [0.1, 0.15) is 0 Å². The van der Waals surface area contributed by atoms with Gasteiger partial charge in [0.2, 0.25) is 5.91 Å². The Kier molecular flexibility index (Phi) is 6.77. The largest absolute Gasteiger partial charge is 0.416 e. The van der Waals surface area contributed by atoms with Crippen LogP contribution in [0.1, 0.15) is 36.9 Å². The number of nitrogens with zero attached hydrogens (tertiary/aromatic N) is 2. The summed E-state index contributed by atoms with van der Waals surface area (Å²) in [5, 5.41) is 8.50. The van der Waals surface area contributed by atoms with Crippen molar-refractivity contribution in [2.75, 3.05) is 17.2 Å². The average molecular weight is 483 g/mol. The molecule has 2 aromatic heterocycles. The number of thiazole rings is 2. The van der Waals surface area contributed by atoms with E-state index in [4.69, 9.17) is 4.74 Å². The Labute approximate surface area is 190 Å². The number of hydrogen-bond donors (Lipinski definition) is 2. The van der Waals surface area contributed by atoms with Crippen LogP contribution in [0.15, 0.2) is 29.6 Å². The van der Waals surface area contributed by atoms with Gasteiger partial charge in [0.05, 0.1) is 34.4 Å². The van der Waals surface area contributed by atoms with Crippen LogP contribution in [0.2, 0.25) is 0 Å². The predicted molar refractivity (Wildman–Crippen MR) is 120 cm³/mol. The predicted octanol–water partition coefficient (Wildman–Crippen LogP) is 6.24. The molecule has 1 fully saturated rings. The fourth-order valence-electron chi connectivity index (χ4n) is 3.37. The molecule has 1 aliphatic heterocycles. The molecule has 0 radical (unpaired) electrons. The highest BCUT2D eigenvalue weighted by atomic mass is 32.1. The molecule has 1 saturated heterocycles. The second-order valence-electron chi connectivity index (χ2n) is 7.42. The second kappa shape index (κ2) is 9.55. The number of hydrogen-bond acceptors (Lipinski definition) is 7. The van der Waals surface area contributed by atoms with Gasteiger partial charge in [-0.2, -0.15) is 13.2 Å². The van der Waals surface area contributed by atoms with Crippen LogP contribution < -0.4 is 10.6 Å². The Bertz CT molecular complexity index is 1090. The maximum absolute atomic E-state index is 12.9. The van der Waals surface area contributed by atoms with Crippen molar-refractivity contribution in [1.82, 2.24) is 9.97 Å². The Morgan fingerprint density at radius 1 is 1.25 bits per heavy atom. The Morgan fingerprint density at radius 2 is 2.09 bits per heavy atom. The Hall–Kier alpha value is -2.50. The van der Waals surface area contributed by atoms with E-state index in [1.165, 1.54) is 28.7 Å².